The molecule has 0 aliphatic carbocycles. The van der Waals surface area contributed by atoms with Crippen molar-refractivity contribution in [2.24, 2.45) is 0 Å². The van der Waals surface area contributed by atoms with Gasteiger partial charge in [-0.15, -0.1) is 0 Å². The van der Waals surface area contributed by atoms with Gasteiger partial charge in [-0.05, 0) is 6.92 Å². The number of hydrogen-bond donors (Lipinski definition) is 4. The van der Waals surface area contributed by atoms with Crippen LogP contribution in [0.3, 0.4) is 0 Å². The molecule has 0 saturated heterocycles. The fourth-order valence-electron chi connectivity index (χ4n) is 0.998. The number of aliphatic hydroxyl groups is 2. The maximum absolute atomic E-state index is 12.1. The normalized spacial score (nSPS) is 14.1. The lowest BCUT2D eigenvalue weighted by Gasteiger charge is -2.24. The van der Waals surface area contributed by atoms with Crippen LogP contribution in [-0.2, 0) is 4.79 Å². The smallest absolute Gasteiger partial charge is 0.337 e. The fourth-order valence-corrected chi connectivity index (χ4v) is 0.998. The van der Waals surface area contributed by atoms with E-state index in [2.05, 4.69) is 0 Å². The number of carbonyl (C=O) groups is 2. The van der Waals surface area contributed by atoms with Gasteiger partial charge in [-0.1, -0.05) is 0 Å². The molecule has 0 spiro atoms. The van der Waals surface area contributed by atoms with Crippen LogP contribution in [0.15, 0.2) is 0 Å². The molecule has 0 aromatic carbocycles. The summed E-state index contributed by atoms with van der Waals surface area (Å²) in [6, 6.07) is -0.981. The van der Waals surface area contributed by atoms with Crippen molar-refractivity contribution in [2.75, 3.05) is 26.2 Å². The number of hydrogen-bond acceptors (Lipinski definition) is 4. The number of carbonyl (C=O) groups excluding carboxylic acids is 1. The fraction of sp³-hybridized carbons (Fsp3) is 0.778. The van der Waals surface area contributed by atoms with Crippen LogP contribution in [0.4, 0.5) is 13.6 Å². The van der Waals surface area contributed by atoms with E-state index >= 15 is 0 Å². The molecular formula is C9H16F2N2O5. The molecule has 0 aromatic heterocycles. The minimum absolute atomic E-state index is 0.314. The highest BCUT2D eigenvalue weighted by molar-refractivity contribution is 5.79. The number of halogens is 2. The molecule has 0 bridgehead atoms. The Morgan fingerprint density at radius 2 is 2.00 bits per heavy atom. The van der Waals surface area contributed by atoms with E-state index in [-0.39, 0.29) is 6.54 Å². The summed E-state index contributed by atoms with van der Waals surface area (Å²) in [5.74, 6) is -1.55. The van der Waals surface area contributed by atoms with Crippen LogP contribution in [0.1, 0.15) is 6.92 Å². The standard InChI is InChI=1S/C9H16F2N2O5/c1-9(18,7(15)16)5-12-8(17)13(2-3-14)4-6(10)11/h6,14,18H,2-5H2,1H3,(H,12,17)(H,15,16). The van der Waals surface area contributed by atoms with Crippen molar-refractivity contribution in [1.29, 1.82) is 0 Å². The van der Waals surface area contributed by atoms with Crippen LogP contribution in [0.5, 0.6) is 0 Å². The first-order valence-corrected chi connectivity index (χ1v) is 5.08. The lowest BCUT2D eigenvalue weighted by atomic mass is 10.1. The van der Waals surface area contributed by atoms with Crippen LogP contribution in [-0.4, -0.2) is 70.5 Å². The van der Waals surface area contributed by atoms with Gasteiger partial charge in [-0.2, -0.15) is 0 Å². The topological polar surface area (TPSA) is 110 Å². The Hall–Kier alpha value is -1.48. The predicted molar refractivity (Wildman–Crippen MR) is 56.3 cm³/mol. The summed E-state index contributed by atoms with van der Waals surface area (Å²) in [4.78, 5) is 22.6. The van der Waals surface area contributed by atoms with Crippen molar-refractivity contribution >= 4 is 12.0 Å². The molecular weight excluding hydrogens is 254 g/mol. The summed E-state index contributed by atoms with van der Waals surface area (Å²) in [6.45, 7) is -1.38. The Bertz CT molecular complexity index is 299. The van der Waals surface area contributed by atoms with Crippen molar-refractivity contribution < 1.29 is 33.7 Å². The molecule has 0 fully saturated rings. The van der Waals surface area contributed by atoms with Crippen molar-refractivity contribution in [2.45, 2.75) is 19.0 Å². The molecule has 0 aliphatic rings. The molecule has 106 valence electrons. The van der Waals surface area contributed by atoms with Gasteiger partial charge >= 0.3 is 12.0 Å². The maximum Gasteiger partial charge on any atom is 0.337 e. The molecule has 0 saturated carbocycles. The number of aliphatic carboxylic acids is 1. The van der Waals surface area contributed by atoms with Crippen LogP contribution in [0.2, 0.25) is 0 Å². The second-order valence-electron chi connectivity index (χ2n) is 3.80. The molecule has 9 heteroatoms. The van der Waals surface area contributed by atoms with Gasteiger partial charge in [0.1, 0.15) is 0 Å². The van der Waals surface area contributed by atoms with E-state index in [0.29, 0.717) is 4.90 Å². The molecule has 0 aliphatic heterocycles. The Labute approximate surface area is 102 Å². The van der Waals surface area contributed by atoms with Crippen LogP contribution >= 0.6 is 0 Å². The number of carboxylic acids is 1. The molecule has 2 amide bonds. The van der Waals surface area contributed by atoms with Gasteiger partial charge in [0.05, 0.1) is 19.7 Å². The summed E-state index contributed by atoms with van der Waals surface area (Å²) in [5.41, 5.74) is -2.19. The number of nitrogens with one attached hydrogen (secondary N) is 1. The minimum Gasteiger partial charge on any atom is -0.479 e. The molecule has 1 unspecified atom stereocenters. The largest absolute Gasteiger partial charge is 0.479 e. The third-order valence-corrected chi connectivity index (χ3v) is 2.06. The van der Waals surface area contributed by atoms with Gasteiger partial charge in [-0.25, -0.2) is 18.4 Å². The van der Waals surface area contributed by atoms with Gasteiger partial charge in [0.15, 0.2) is 5.60 Å². The van der Waals surface area contributed by atoms with Gasteiger partial charge in [0.25, 0.3) is 6.43 Å². The predicted octanol–water partition coefficient (Wildman–Crippen LogP) is -0.909. The Balaban J connectivity index is 4.38. The van der Waals surface area contributed by atoms with Crippen LogP contribution < -0.4 is 5.32 Å². The molecule has 0 heterocycles. The highest BCUT2D eigenvalue weighted by atomic mass is 19.3. The van der Waals surface area contributed by atoms with Gasteiger partial charge < -0.3 is 25.5 Å². The summed E-state index contributed by atoms with van der Waals surface area (Å²) in [5, 5.41) is 28.5. The third kappa shape index (κ3) is 5.73. The summed E-state index contributed by atoms with van der Waals surface area (Å²) in [7, 11) is 0. The Morgan fingerprint density at radius 1 is 1.44 bits per heavy atom. The third-order valence-electron chi connectivity index (χ3n) is 2.06. The quantitative estimate of drug-likeness (QED) is 0.479. The van der Waals surface area contributed by atoms with Gasteiger partial charge in [-0.3, -0.25) is 0 Å². The number of aliphatic hydroxyl groups excluding tert-OH is 1. The molecule has 0 aromatic rings. The van der Waals surface area contributed by atoms with Crippen molar-refractivity contribution in [3.63, 3.8) is 0 Å². The Morgan fingerprint density at radius 3 is 2.39 bits per heavy atom. The van der Waals surface area contributed by atoms with E-state index in [1.54, 1.807) is 0 Å². The molecule has 18 heavy (non-hydrogen) atoms. The van der Waals surface area contributed by atoms with Crippen molar-refractivity contribution in [1.82, 2.24) is 10.2 Å². The average molecular weight is 270 g/mol. The number of nitrogens with zero attached hydrogens (tertiary/aromatic N) is 1. The molecule has 7 nitrogen and oxygen atoms in total. The Kier molecular flexibility index (Phi) is 6.48. The minimum atomic E-state index is -2.78. The molecule has 0 radical (unpaired) electrons. The van der Waals surface area contributed by atoms with Crippen molar-refractivity contribution in [3.05, 3.63) is 0 Å². The lowest BCUT2D eigenvalue weighted by molar-refractivity contribution is -0.155. The first kappa shape index (κ1) is 16.5. The number of urea groups is 1. The number of alkyl halides is 2. The zero-order valence-electron chi connectivity index (χ0n) is 9.77. The van der Waals surface area contributed by atoms with E-state index in [4.69, 9.17) is 10.2 Å². The van der Waals surface area contributed by atoms with Crippen LogP contribution in [0.25, 0.3) is 0 Å². The second-order valence-corrected chi connectivity index (χ2v) is 3.80. The highest BCUT2D eigenvalue weighted by Gasteiger charge is 2.31. The SMILES string of the molecule is CC(O)(CNC(=O)N(CCO)CC(F)F)C(=O)O. The monoisotopic (exact) mass is 270 g/mol. The molecule has 0 rings (SSSR count). The van der Waals surface area contributed by atoms with Crippen LogP contribution in [0, 0.1) is 0 Å². The summed E-state index contributed by atoms with van der Waals surface area (Å²) < 4.78 is 24.2. The van der Waals surface area contributed by atoms with Gasteiger partial charge in [0, 0.05) is 6.54 Å². The van der Waals surface area contributed by atoms with E-state index < -0.39 is 43.7 Å². The van der Waals surface area contributed by atoms with E-state index in [9.17, 15) is 23.5 Å². The average Bonchev–Trinajstić information content (AvgIpc) is 2.24. The molecule has 1 atom stereocenters. The summed E-state index contributed by atoms with van der Waals surface area (Å²) in [6.07, 6.45) is -2.78. The summed E-state index contributed by atoms with van der Waals surface area (Å²) >= 11 is 0. The molecule has 4 N–H and O–H groups in total. The van der Waals surface area contributed by atoms with E-state index in [0.717, 1.165) is 6.92 Å². The highest BCUT2D eigenvalue weighted by Crippen LogP contribution is 2.03. The van der Waals surface area contributed by atoms with E-state index in [1.165, 1.54) is 0 Å². The zero-order valence-corrected chi connectivity index (χ0v) is 9.77. The first-order chi connectivity index (χ1) is 8.20. The maximum atomic E-state index is 12.1. The van der Waals surface area contributed by atoms with E-state index in [1.807, 2.05) is 5.32 Å². The second kappa shape index (κ2) is 7.07. The number of rotatable bonds is 7. The lowest BCUT2D eigenvalue weighted by Crippen LogP contribution is -2.51. The zero-order chi connectivity index (χ0) is 14.3. The van der Waals surface area contributed by atoms with Gasteiger partial charge in [0.2, 0.25) is 0 Å². The number of amides is 2. The number of carboxylic acid groups (broad SMARTS) is 1. The first-order valence-electron chi connectivity index (χ1n) is 5.08. The van der Waals surface area contributed by atoms with Crippen molar-refractivity contribution in [3.8, 4) is 0 Å².